The molecule has 1 rings (SSSR count). The molecule has 0 radical (unpaired) electrons. The number of alkyl carbamates (subject to hydrolysis) is 1. The molecule has 1 fully saturated rings. The minimum atomic E-state index is -3.53. The zero-order chi connectivity index (χ0) is 19.1. The van der Waals surface area contributed by atoms with Crippen LogP contribution in [0.3, 0.4) is 0 Å². The molecule has 1 unspecified atom stereocenters. The van der Waals surface area contributed by atoms with Crippen molar-refractivity contribution in [2.24, 2.45) is 11.1 Å². The molecule has 1 aliphatic rings. The van der Waals surface area contributed by atoms with Gasteiger partial charge in [-0.3, -0.25) is 4.79 Å². The Kier molecular flexibility index (Phi) is 8.14. The number of nitrogens with one attached hydrogen (secondary N) is 1. The molecule has 1 atom stereocenters. The zero-order valence-electron chi connectivity index (χ0n) is 15.4. The van der Waals surface area contributed by atoms with Crippen LogP contribution >= 0.6 is 0 Å². The van der Waals surface area contributed by atoms with Crippen molar-refractivity contribution in [3.8, 4) is 0 Å². The Morgan fingerprint density at radius 1 is 1.28 bits per heavy atom. The van der Waals surface area contributed by atoms with Gasteiger partial charge in [0.1, 0.15) is 5.60 Å². The predicted molar refractivity (Wildman–Crippen MR) is 95.4 cm³/mol. The predicted octanol–water partition coefficient (Wildman–Crippen LogP) is 1.21. The average molecular weight is 378 g/mol. The third kappa shape index (κ3) is 10.3. The van der Waals surface area contributed by atoms with Crippen LogP contribution in [-0.2, 0) is 19.6 Å². The fourth-order valence-corrected chi connectivity index (χ4v) is 3.68. The van der Waals surface area contributed by atoms with E-state index >= 15 is 0 Å². The van der Waals surface area contributed by atoms with Gasteiger partial charge in [0.2, 0.25) is 15.9 Å². The van der Waals surface area contributed by atoms with Gasteiger partial charge < -0.3 is 15.0 Å². The fourth-order valence-electron chi connectivity index (χ4n) is 2.80. The molecule has 0 aromatic heterocycles. The highest BCUT2D eigenvalue weighted by Crippen LogP contribution is 2.19. The highest BCUT2D eigenvalue weighted by Gasteiger charge is 2.31. The van der Waals surface area contributed by atoms with Gasteiger partial charge in [0, 0.05) is 32.0 Å². The lowest BCUT2D eigenvalue weighted by Crippen LogP contribution is -2.33. The Balaban J connectivity index is 2.08. The van der Waals surface area contributed by atoms with Crippen LogP contribution < -0.4 is 10.5 Å². The highest BCUT2D eigenvalue weighted by molar-refractivity contribution is 7.89. The average Bonchev–Trinajstić information content (AvgIpc) is 2.73. The Labute approximate surface area is 150 Å². The lowest BCUT2D eigenvalue weighted by atomic mass is 10.1. The standard InChI is InChI=1S/C16H31N3O5S/c1-16(2,3)24-15(21)18-8-6-4-5-7-9-19-11-13(10-14(19)20)12-25(17,22)23/h13H,4-12H2,1-3H3,(H,18,21)(H2,17,22,23). The van der Waals surface area contributed by atoms with Crippen molar-refractivity contribution in [2.45, 2.75) is 58.5 Å². The molecule has 9 heteroatoms. The van der Waals surface area contributed by atoms with Crippen LogP contribution in [0.25, 0.3) is 0 Å². The molecule has 8 nitrogen and oxygen atoms in total. The first kappa shape index (κ1) is 21.7. The smallest absolute Gasteiger partial charge is 0.407 e. The maximum absolute atomic E-state index is 11.9. The van der Waals surface area contributed by atoms with E-state index in [9.17, 15) is 18.0 Å². The minimum Gasteiger partial charge on any atom is -0.444 e. The number of sulfonamides is 1. The summed E-state index contributed by atoms with van der Waals surface area (Å²) in [6, 6.07) is 0. The van der Waals surface area contributed by atoms with E-state index in [2.05, 4.69) is 5.32 Å². The summed E-state index contributed by atoms with van der Waals surface area (Å²) in [5.41, 5.74) is -0.493. The van der Waals surface area contributed by atoms with Crippen LogP contribution in [0.2, 0.25) is 0 Å². The molecule has 0 saturated carbocycles. The number of likely N-dealkylation sites (tertiary alicyclic amines) is 1. The van der Waals surface area contributed by atoms with Crippen molar-refractivity contribution < 1.29 is 22.7 Å². The van der Waals surface area contributed by atoms with Gasteiger partial charge in [-0.1, -0.05) is 12.8 Å². The normalized spacial score (nSPS) is 18.5. The highest BCUT2D eigenvalue weighted by atomic mass is 32.2. The molecule has 0 aliphatic carbocycles. The maximum Gasteiger partial charge on any atom is 0.407 e. The van der Waals surface area contributed by atoms with Crippen LogP contribution in [0, 0.1) is 5.92 Å². The van der Waals surface area contributed by atoms with Gasteiger partial charge in [0.25, 0.3) is 0 Å². The first-order chi connectivity index (χ1) is 11.5. The number of rotatable bonds is 9. The number of unbranched alkanes of at least 4 members (excludes halogenated alkanes) is 3. The first-order valence-corrected chi connectivity index (χ1v) is 10.4. The van der Waals surface area contributed by atoms with Crippen LogP contribution in [-0.4, -0.2) is 56.3 Å². The Morgan fingerprint density at radius 2 is 1.92 bits per heavy atom. The van der Waals surface area contributed by atoms with Gasteiger partial charge in [-0.15, -0.1) is 0 Å². The topological polar surface area (TPSA) is 119 Å². The number of carbonyl (C=O) groups excluding carboxylic acids is 2. The van der Waals surface area contributed by atoms with Gasteiger partial charge in [-0.05, 0) is 33.6 Å². The van der Waals surface area contributed by atoms with E-state index in [1.807, 2.05) is 20.8 Å². The van der Waals surface area contributed by atoms with Crippen molar-refractivity contribution in [2.75, 3.05) is 25.4 Å². The SMILES string of the molecule is CC(C)(C)OC(=O)NCCCCCCN1CC(CS(N)(=O)=O)CC1=O. The number of nitrogens with zero attached hydrogens (tertiary/aromatic N) is 1. The lowest BCUT2D eigenvalue weighted by molar-refractivity contribution is -0.127. The van der Waals surface area contributed by atoms with E-state index in [0.29, 0.717) is 19.6 Å². The molecule has 1 aliphatic heterocycles. The summed E-state index contributed by atoms with van der Waals surface area (Å²) in [5.74, 6) is -0.327. The van der Waals surface area contributed by atoms with Crippen LogP contribution in [0.4, 0.5) is 4.79 Å². The number of ether oxygens (including phenoxy) is 1. The Morgan fingerprint density at radius 3 is 2.52 bits per heavy atom. The van der Waals surface area contributed by atoms with Crippen LogP contribution in [0.15, 0.2) is 0 Å². The van der Waals surface area contributed by atoms with Gasteiger partial charge in [-0.25, -0.2) is 18.4 Å². The summed E-state index contributed by atoms with van der Waals surface area (Å²) in [7, 11) is -3.53. The molecule has 0 bridgehead atoms. The summed E-state index contributed by atoms with van der Waals surface area (Å²) in [6.45, 7) is 7.13. The quantitative estimate of drug-likeness (QED) is 0.585. The molecule has 0 aromatic rings. The summed E-state index contributed by atoms with van der Waals surface area (Å²) in [5, 5.41) is 7.74. The molecule has 146 valence electrons. The summed E-state index contributed by atoms with van der Waals surface area (Å²) < 4.78 is 27.3. The Bertz CT molecular complexity index is 557. The van der Waals surface area contributed by atoms with Crippen molar-refractivity contribution in [1.29, 1.82) is 0 Å². The van der Waals surface area contributed by atoms with Crippen molar-refractivity contribution in [1.82, 2.24) is 10.2 Å². The van der Waals surface area contributed by atoms with Crippen LogP contribution in [0.5, 0.6) is 0 Å². The van der Waals surface area contributed by atoms with Crippen molar-refractivity contribution in [3.05, 3.63) is 0 Å². The second-order valence-electron chi connectivity index (χ2n) is 7.58. The third-order valence-corrected chi connectivity index (χ3v) is 4.72. The number of amides is 2. The largest absolute Gasteiger partial charge is 0.444 e. The molecular weight excluding hydrogens is 346 g/mol. The number of primary sulfonamides is 1. The molecule has 2 amide bonds. The molecule has 1 saturated heterocycles. The van der Waals surface area contributed by atoms with Gasteiger partial charge >= 0.3 is 6.09 Å². The number of hydrogen-bond acceptors (Lipinski definition) is 5. The van der Waals surface area contributed by atoms with E-state index in [-0.39, 0.29) is 24.0 Å². The first-order valence-electron chi connectivity index (χ1n) is 8.71. The van der Waals surface area contributed by atoms with Crippen molar-refractivity contribution >= 4 is 22.0 Å². The molecule has 0 aromatic carbocycles. The second kappa shape index (κ2) is 9.38. The summed E-state index contributed by atoms with van der Waals surface area (Å²) >= 11 is 0. The van der Waals surface area contributed by atoms with Crippen LogP contribution in [0.1, 0.15) is 52.9 Å². The molecule has 1 heterocycles. The van der Waals surface area contributed by atoms with E-state index in [1.54, 1.807) is 4.90 Å². The number of carbonyl (C=O) groups is 2. The second-order valence-corrected chi connectivity index (χ2v) is 9.24. The van der Waals surface area contributed by atoms with Crippen molar-refractivity contribution in [3.63, 3.8) is 0 Å². The number of nitrogens with two attached hydrogens (primary N) is 1. The minimum absolute atomic E-state index is 0.000224. The van der Waals surface area contributed by atoms with E-state index in [4.69, 9.17) is 9.88 Å². The molecular formula is C16H31N3O5S. The number of hydrogen-bond donors (Lipinski definition) is 2. The molecule has 25 heavy (non-hydrogen) atoms. The van der Waals surface area contributed by atoms with E-state index in [1.165, 1.54) is 0 Å². The van der Waals surface area contributed by atoms with E-state index < -0.39 is 21.7 Å². The van der Waals surface area contributed by atoms with Gasteiger partial charge in [0.15, 0.2) is 0 Å². The molecule has 3 N–H and O–H groups in total. The lowest BCUT2D eigenvalue weighted by Gasteiger charge is -2.19. The summed E-state index contributed by atoms with van der Waals surface area (Å²) in [4.78, 5) is 25.0. The maximum atomic E-state index is 11.9. The monoisotopic (exact) mass is 377 g/mol. The van der Waals surface area contributed by atoms with Gasteiger partial charge in [-0.2, -0.15) is 0 Å². The Hall–Kier alpha value is -1.35. The van der Waals surface area contributed by atoms with Gasteiger partial charge in [0.05, 0.1) is 5.75 Å². The molecule has 0 spiro atoms. The fraction of sp³-hybridized carbons (Fsp3) is 0.875. The zero-order valence-corrected chi connectivity index (χ0v) is 16.2. The third-order valence-electron chi connectivity index (χ3n) is 3.79. The summed E-state index contributed by atoms with van der Waals surface area (Å²) in [6.07, 6.45) is 3.45. The van der Waals surface area contributed by atoms with E-state index in [0.717, 1.165) is 25.7 Å².